The SMILES string of the molecule is COc1ccc(C(O)C2CCCOC2)c(Cl)c1. The van der Waals surface area contributed by atoms with Crippen molar-refractivity contribution in [1.29, 1.82) is 0 Å². The monoisotopic (exact) mass is 256 g/mol. The lowest BCUT2D eigenvalue weighted by atomic mass is 9.91. The highest BCUT2D eigenvalue weighted by atomic mass is 35.5. The summed E-state index contributed by atoms with van der Waals surface area (Å²) in [5, 5.41) is 10.8. The van der Waals surface area contributed by atoms with Crippen molar-refractivity contribution < 1.29 is 14.6 Å². The van der Waals surface area contributed by atoms with Crippen LogP contribution in [-0.4, -0.2) is 25.4 Å². The normalized spacial score (nSPS) is 22.2. The Morgan fingerprint density at radius 3 is 2.94 bits per heavy atom. The molecule has 2 unspecified atom stereocenters. The molecular formula is C13H17ClO3. The molecule has 1 aliphatic heterocycles. The van der Waals surface area contributed by atoms with Crippen LogP contribution in [0.15, 0.2) is 18.2 Å². The van der Waals surface area contributed by atoms with Crippen molar-refractivity contribution >= 4 is 11.6 Å². The molecule has 0 aliphatic carbocycles. The van der Waals surface area contributed by atoms with E-state index in [1.54, 1.807) is 13.2 Å². The van der Waals surface area contributed by atoms with Crippen LogP contribution in [0.2, 0.25) is 5.02 Å². The Labute approximate surface area is 106 Å². The first-order chi connectivity index (χ1) is 8.22. The summed E-state index contributed by atoms with van der Waals surface area (Å²) in [5.41, 5.74) is 0.753. The summed E-state index contributed by atoms with van der Waals surface area (Å²) >= 11 is 6.14. The van der Waals surface area contributed by atoms with E-state index in [1.165, 1.54) is 0 Å². The maximum absolute atomic E-state index is 10.3. The second-order valence-corrected chi connectivity index (χ2v) is 4.72. The summed E-state index contributed by atoms with van der Waals surface area (Å²) < 4.78 is 10.5. The molecule has 0 saturated carbocycles. The molecule has 2 rings (SSSR count). The number of aliphatic hydroxyl groups excluding tert-OH is 1. The van der Waals surface area contributed by atoms with Crippen molar-refractivity contribution in [3.63, 3.8) is 0 Å². The third kappa shape index (κ3) is 2.92. The van der Waals surface area contributed by atoms with Crippen molar-refractivity contribution in [3.8, 4) is 5.75 Å². The van der Waals surface area contributed by atoms with Gasteiger partial charge in [0.25, 0.3) is 0 Å². The van der Waals surface area contributed by atoms with E-state index in [9.17, 15) is 5.11 Å². The van der Waals surface area contributed by atoms with Crippen LogP contribution < -0.4 is 4.74 Å². The van der Waals surface area contributed by atoms with E-state index in [0.717, 1.165) is 25.0 Å². The quantitative estimate of drug-likeness (QED) is 0.904. The Morgan fingerprint density at radius 1 is 1.53 bits per heavy atom. The average molecular weight is 257 g/mol. The Bertz CT molecular complexity index is 375. The smallest absolute Gasteiger partial charge is 0.120 e. The van der Waals surface area contributed by atoms with Crippen LogP contribution in [0.25, 0.3) is 0 Å². The summed E-state index contributed by atoms with van der Waals surface area (Å²) in [6.07, 6.45) is 1.41. The molecule has 1 N–H and O–H groups in total. The molecule has 0 bridgehead atoms. The minimum absolute atomic E-state index is 0.134. The van der Waals surface area contributed by atoms with E-state index in [1.807, 2.05) is 12.1 Å². The van der Waals surface area contributed by atoms with Crippen molar-refractivity contribution in [3.05, 3.63) is 28.8 Å². The number of halogens is 1. The molecule has 2 atom stereocenters. The standard InChI is InChI=1S/C13H17ClO3/c1-16-10-4-5-11(12(14)7-10)13(15)9-3-2-6-17-8-9/h4-5,7,9,13,15H,2-3,6,8H2,1H3. The first-order valence-corrected chi connectivity index (χ1v) is 6.19. The molecule has 0 radical (unpaired) electrons. The second-order valence-electron chi connectivity index (χ2n) is 4.31. The van der Waals surface area contributed by atoms with Gasteiger partial charge in [-0.25, -0.2) is 0 Å². The van der Waals surface area contributed by atoms with Gasteiger partial charge in [0.1, 0.15) is 5.75 Å². The Balaban J connectivity index is 2.15. The van der Waals surface area contributed by atoms with Crippen LogP contribution in [0.1, 0.15) is 24.5 Å². The molecule has 1 aromatic carbocycles. The van der Waals surface area contributed by atoms with Gasteiger partial charge in [0.15, 0.2) is 0 Å². The minimum Gasteiger partial charge on any atom is -0.497 e. The summed E-state index contributed by atoms with van der Waals surface area (Å²) in [5.74, 6) is 0.834. The maximum atomic E-state index is 10.3. The fraction of sp³-hybridized carbons (Fsp3) is 0.538. The van der Waals surface area contributed by atoms with Gasteiger partial charge in [-0.15, -0.1) is 0 Å². The van der Waals surface area contributed by atoms with Gasteiger partial charge in [-0.2, -0.15) is 0 Å². The van der Waals surface area contributed by atoms with Crippen LogP contribution >= 0.6 is 11.6 Å². The summed E-state index contributed by atoms with van der Waals surface area (Å²) in [6.45, 7) is 1.39. The third-order valence-electron chi connectivity index (χ3n) is 3.17. The highest BCUT2D eigenvalue weighted by molar-refractivity contribution is 6.31. The highest BCUT2D eigenvalue weighted by Crippen LogP contribution is 2.34. The number of hydrogen-bond donors (Lipinski definition) is 1. The van der Waals surface area contributed by atoms with Crippen LogP contribution in [0.3, 0.4) is 0 Å². The number of benzene rings is 1. The molecule has 4 heteroatoms. The van der Waals surface area contributed by atoms with Crippen molar-refractivity contribution in [2.24, 2.45) is 5.92 Å². The van der Waals surface area contributed by atoms with Crippen LogP contribution in [0, 0.1) is 5.92 Å². The van der Waals surface area contributed by atoms with Crippen LogP contribution in [0.5, 0.6) is 5.75 Å². The van der Waals surface area contributed by atoms with Crippen molar-refractivity contribution in [2.75, 3.05) is 20.3 Å². The predicted molar refractivity (Wildman–Crippen MR) is 66.5 cm³/mol. The lowest BCUT2D eigenvalue weighted by Gasteiger charge is -2.27. The van der Waals surface area contributed by atoms with Gasteiger partial charge >= 0.3 is 0 Å². The van der Waals surface area contributed by atoms with Gasteiger partial charge in [-0.3, -0.25) is 0 Å². The summed E-state index contributed by atoms with van der Waals surface area (Å²) in [4.78, 5) is 0. The van der Waals surface area contributed by atoms with Gasteiger partial charge in [-0.05, 0) is 30.5 Å². The number of rotatable bonds is 3. The molecule has 1 heterocycles. The number of ether oxygens (including phenoxy) is 2. The van der Waals surface area contributed by atoms with Gasteiger partial charge in [-0.1, -0.05) is 17.7 Å². The highest BCUT2D eigenvalue weighted by Gasteiger charge is 2.25. The fourth-order valence-electron chi connectivity index (χ4n) is 2.14. The van der Waals surface area contributed by atoms with Gasteiger partial charge < -0.3 is 14.6 Å². The van der Waals surface area contributed by atoms with Crippen LogP contribution in [0.4, 0.5) is 0 Å². The van der Waals surface area contributed by atoms with Gasteiger partial charge in [0.05, 0.1) is 24.8 Å². The van der Waals surface area contributed by atoms with Gasteiger partial charge in [0, 0.05) is 12.5 Å². The van der Waals surface area contributed by atoms with Crippen LogP contribution in [-0.2, 0) is 4.74 Å². The molecule has 17 heavy (non-hydrogen) atoms. The molecule has 94 valence electrons. The molecule has 1 aromatic rings. The van der Waals surface area contributed by atoms with Crippen molar-refractivity contribution in [2.45, 2.75) is 18.9 Å². The fourth-order valence-corrected chi connectivity index (χ4v) is 2.43. The zero-order valence-corrected chi connectivity index (χ0v) is 10.6. The van der Waals surface area contributed by atoms with E-state index >= 15 is 0 Å². The molecule has 1 fully saturated rings. The Hall–Kier alpha value is -0.770. The molecule has 0 amide bonds. The topological polar surface area (TPSA) is 38.7 Å². The number of aliphatic hydroxyl groups is 1. The van der Waals surface area contributed by atoms with E-state index < -0.39 is 6.10 Å². The first-order valence-electron chi connectivity index (χ1n) is 5.81. The maximum Gasteiger partial charge on any atom is 0.120 e. The van der Waals surface area contributed by atoms with E-state index in [-0.39, 0.29) is 5.92 Å². The van der Waals surface area contributed by atoms with E-state index in [2.05, 4.69) is 0 Å². The average Bonchev–Trinajstić information content (AvgIpc) is 2.39. The number of hydrogen-bond acceptors (Lipinski definition) is 3. The zero-order valence-electron chi connectivity index (χ0n) is 9.86. The van der Waals surface area contributed by atoms with E-state index in [4.69, 9.17) is 21.1 Å². The molecule has 3 nitrogen and oxygen atoms in total. The van der Waals surface area contributed by atoms with Crippen molar-refractivity contribution in [1.82, 2.24) is 0 Å². The lowest BCUT2D eigenvalue weighted by Crippen LogP contribution is -2.23. The molecule has 0 spiro atoms. The molecule has 1 aliphatic rings. The number of methoxy groups -OCH3 is 1. The lowest BCUT2D eigenvalue weighted by molar-refractivity contribution is -0.00993. The largest absolute Gasteiger partial charge is 0.497 e. The first kappa shape index (κ1) is 12.7. The van der Waals surface area contributed by atoms with Gasteiger partial charge in [0.2, 0.25) is 0 Å². The second kappa shape index (κ2) is 5.71. The molecule has 1 saturated heterocycles. The summed E-state index contributed by atoms with van der Waals surface area (Å²) in [7, 11) is 1.59. The van der Waals surface area contributed by atoms with E-state index in [0.29, 0.717) is 17.4 Å². The minimum atomic E-state index is -0.561. The Kier molecular flexibility index (Phi) is 4.26. The summed E-state index contributed by atoms with van der Waals surface area (Å²) in [6, 6.07) is 5.36. The Morgan fingerprint density at radius 2 is 2.35 bits per heavy atom. The molecule has 0 aromatic heterocycles. The molecular weight excluding hydrogens is 240 g/mol. The third-order valence-corrected chi connectivity index (χ3v) is 3.50. The zero-order chi connectivity index (χ0) is 12.3. The predicted octanol–water partition coefficient (Wildman–Crippen LogP) is 2.81.